The highest BCUT2D eigenvalue weighted by atomic mass is 16.5. The third-order valence-electron chi connectivity index (χ3n) is 6.07. The quantitative estimate of drug-likeness (QED) is 0.721. The number of rotatable bonds is 6. The van der Waals surface area contributed by atoms with Gasteiger partial charge in [0.15, 0.2) is 5.78 Å². The zero-order valence-electron chi connectivity index (χ0n) is 16.5. The summed E-state index contributed by atoms with van der Waals surface area (Å²) < 4.78 is 5.28. The third-order valence-corrected chi connectivity index (χ3v) is 6.07. The summed E-state index contributed by atoms with van der Waals surface area (Å²) in [6, 6.07) is 11.9. The molecular weight excluding hydrogens is 352 g/mol. The van der Waals surface area contributed by atoms with Crippen LogP contribution in [0.1, 0.15) is 36.0 Å². The molecule has 1 amide bonds. The van der Waals surface area contributed by atoms with Crippen LogP contribution in [0.15, 0.2) is 36.4 Å². The number of benzene rings is 2. The first-order valence-electron chi connectivity index (χ1n) is 10.3. The lowest BCUT2D eigenvalue weighted by molar-refractivity contribution is -0.127. The summed E-state index contributed by atoms with van der Waals surface area (Å²) in [5, 5.41) is 2.14. The van der Waals surface area contributed by atoms with Crippen LogP contribution in [0.25, 0.3) is 10.8 Å². The van der Waals surface area contributed by atoms with E-state index in [1.807, 2.05) is 41.3 Å². The van der Waals surface area contributed by atoms with Gasteiger partial charge in [0, 0.05) is 44.1 Å². The van der Waals surface area contributed by atoms with Crippen molar-refractivity contribution in [3.05, 3.63) is 42.0 Å². The molecule has 5 nitrogen and oxygen atoms in total. The lowest BCUT2D eigenvalue weighted by atomic mass is 9.89. The van der Waals surface area contributed by atoms with Crippen LogP contribution in [-0.4, -0.2) is 61.3 Å². The summed E-state index contributed by atoms with van der Waals surface area (Å²) in [4.78, 5) is 29.2. The number of ketones is 1. The molecule has 28 heavy (non-hydrogen) atoms. The maximum absolute atomic E-state index is 13.1. The number of carbonyl (C=O) groups is 2. The highest BCUT2D eigenvalue weighted by Crippen LogP contribution is 2.25. The molecule has 0 aromatic heterocycles. The molecule has 1 atom stereocenters. The Labute approximate surface area is 166 Å². The molecule has 0 bridgehead atoms. The van der Waals surface area contributed by atoms with Gasteiger partial charge >= 0.3 is 0 Å². The Morgan fingerprint density at radius 3 is 2.68 bits per heavy atom. The molecule has 0 unspecified atom stereocenters. The number of ether oxygens (including phenoxy) is 1. The van der Waals surface area contributed by atoms with Crippen LogP contribution in [0, 0.1) is 5.92 Å². The number of hydrogen-bond donors (Lipinski definition) is 0. The van der Waals surface area contributed by atoms with E-state index in [0.717, 1.165) is 74.1 Å². The van der Waals surface area contributed by atoms with Crippen molar-refractivity contribution >= 4 is 22.5 Å². The molecule has 0 aliphatic carbocycles. The van der Waals surface area contributed by atoms with Crippen LogP contribution in [0.4, 0.5) is 0 Å². The first kappa shape index (κ1) is 18.9. The molecule has 0 saturated carbocycles. The SMILES string of the molecule is COc1ccc2cc(C(=O)[C@H]3CCCN(CCN4CCCC4=O)C3)ccc2c1. The summed E-state index contributed by atoms with van der Waals surface area (Å²) in [5.74, 6) is 1.38. The Hall–Kier alpha value is -2.40. The topological polar surface area (TPSA) is 49.9 Å². The molecule has 0 radical (unpaired) electrons. The maximum atomic E-state index is 13.1. The minimum absolute atomic E-state index is 0.0405. The van der Waals surface area contributed by atoms with Crippen molar-refractivity contribution in [1.82, 2.24) is 9.80 Å². The molecule has 0 N–H and O–H groups in total. The van der Waals surface area contributed by atoms with Crippen molar-refractivity contribution < 1.29 is 14.3 Å². The molecular formula is C23H28N2O3. The number of methoxy groups -OCH3 is 1. The molecule has 4 rings (SSSR count). The van der Waals surface area contributed by atoms with Gasteiger partial charge in [-0.15, -0.1) is 0 Å². The Morgan fingerprint density at radius 1 is 1.07 bits per heavy atom. The van der Waals surface area contributed by atoms with Crippen molar-refractivity contribution in [2.75, 3.05) is 39.8 Å². The largest absolute Gasteiger partial charge is 0.497 e. The van der Waals surface area contributed by atoms with Crippen LogP contribution in [0.2, 0.25) is 0 Å². The maximum Gasteiger partial charge on any atom is 0.222 e. The van der Waals surface area contributed by atoms with E-state index in [-0.39, 0.29) is 17.6 Å². The van der Waals surface area contributed by atoms with E-state index >= 15 is 0 Å². The normalized spacial score (nSPS) is 20.7. The van der Waals surface area contributed by atoms with Gasteiger partial charge in [-0.3, -0.25) is 9.59 Å². The molecule has 2 saturated heterocycles. The van der Waals surface area contributed by atoms with E-state index in [1.165, 1.54) is 0 Å². The number of Topliss-reactive ketones (excluding diaryl/α,β-unsaturated/α-hetero) is 1. The van der Waals surface area contributed by atoms with Crippen molar-refractivity contribution in [2.45, 2.75) is 25.7 Å². The summed E-state index contributed by atoms with van der Waals surface area (Å²) >= 11 is 0. The molecule has 2 aliphatic heterocycles. The highest BCUT2D eigenvalue weighted by molar-refractivity contribution is 6.01. The van der Waals surface area contributed by atoms with Crippen molar-refractivity contribution in [3.8, 4) is 5.75 Å². The van der Waals surface area contributed by atoms with Crippen LogP contribution >= 0.6 is 0 Å². The zero-order chi connectivity index (χ0) is 19.5. The van der Waals surface area contributed by atoms with E-state index in [1.54, 1.807) is 7.11 Å². The predicted octanol–water partition coefficient (Wildman–Crippen LogP) is 3.37. The molecule has 148 valence electrons. The Bertz CT molecular complexity index is 879. The van der Waals surface area contributed by atoms with Gasteiger partial charge in [-0.05, 0) is 54.8 Å². The van der Waals surface area contributed by atoms with Crippen LogP contribution < -0.4 is 4.74 Å². The molecule has 2 aromatic rings. The summed E-state index contributed by atoms with van der Waals surface area (Å²) in [5.41, 5.74) is 0.791. The minimum Gasteiger partial charge on any atom is -0.497 e. The van der Waals surface area contributed by atoms with Crippen LogP contribution in [0.5, 0.6) is 5.75 Å². The summed E-state index contributed by atoms with van der Waals surface area (Å²) in [6.07, 6.45) is 3.65. The fourth-order valence-corrected chi connectivity index (χ4v) is 4.41. The smallest absolute Gasteiger partial charge is 0.222 e. The molecule has 2 aromatic carbocycles. The fraction of sp³-hybridized carbons (Fsp3) is 0.478. The van der Waals surface area contributed by atoms with Gasteiger partial charge in [-0.2, -0.15) is 0 Å². The Kier molecular flexibility index (Phi) is 5.62. The predicted molar refractivity (Wildman–Crippen MR) is 110 cm³/mol. The fourth-order valence-electron chi connectivity index (χ4n) is 4.41. The zero-order valence-corrected chi connectivity index (χ0v) is 16.5. The van der Waals surface area contributed by atoms with E-state index in [4.69, 9.17) is 4.74 Å². The number of piperidine rings is 1. The molecule has 5 heteroatoms. The van der Waals surface area contributed by atoms with Crippen molar-refractivity contribution in [3.63, 3.8) is 0 Å². The Balaban J connectivity index is 1.40. The van der Waals surface area contributed by atoms with Crippen LogP contribution in [0.3, 0.4) is 0 Å². The molecule has 2 aliphatic rings. The molecule has 2 heterocycles. The van der Waals surface area contributed by atoms with E-state index in [9.17, 15) is 9.59 Å². The average molecular weight is 380 g/mol. The standard InChI is InChI=1S/C23H28N2O3/c1-28-21-9-8-17-14-19(7-6-18(17)15-21)23(27)20-4-2-10-24(16-20)12-13-25-11-3-5-22(25)26/h6-9,14-15,20H,2-5,10-13,16H2,1H3/t20-/m0/s1. The minimum atomic E-state index is 0.0405. The average Bonchev–Trinajstić information content (AvgIpc) is 3.15. The lowest BCUT2D eigenvalue weighted by Gasteiger charge is -2.33. The van der Waals surface area contributed by atoms with Crippen molar-refractivity contribution in [2.24, 2.45) is 5.92 Å². The first-order valence-corrected chi connectivity index (χ1v) is 10.3. The van der Waals surface area contributed by atoms with Gasteiger partial charge in [-0.25, -0.2) is 0 Å². The van der Waals surface area contributed by atoms with Gasteiger partial charge in [0.2, 0.25) is 5.91 Å². The number of likely N-dealkylation sites (tertiary alicyclic amines) is 2. The van der Waals surface area contributed by atoms with E-state index in [0.29, 0.717) is 6.42 Å². The summed E-state index contributed by atoms with van der Waals surface area (Å²) in [6.45, 7) is 4.35. The van der Waals surface area contributed by atoms with Gasteiger partial charge in [0.05, 0.1) is 7.11 Å². The number of carbonyl (C=O) groups excluding carboxylic acids is 2. The second kappa shape index (κ2) is 8.31. The molecule has 2 fully saturated rings. The number of amides is 1. The lowest BCUT2D eigenvalue weighted by Crippen LogP contribution is -2.43. The third kappa shape index (κ3) is 4.04. The summed E-state index contributed by atoms with van der Waals surface area (Å²) in [7, 11) is 1.66. The van der Waals surface area contributed by atoms with E-state index < -0.39 is 0 Å². The Morgan fingerprint density at radius 2 is 1.89 bits per heavy atom. The van der Waals surface area contributed by atoms with Gasteiger partial charge in [-0.1, -0.05) is 18.2 Å². The second-order valence-electron chi connectivity index (χ2n) is 7.92. The molecule has 0 spiro atoms. The van der Waals surface area contributed by atoms with Gasteiger partial charge in [0.25, 0.3) is 0 Å². The monoisotopic (exact) mass is 380 g/mol. The van der Waals surface area contributed by atoms with Gasteiger partial charge < -0.3 is 14.5 Å². The van der Waals surface area contributed by atoms with Gasteiger partial charge in [0.1, 0.15) is 5.75 Å². The van der Waals surface area contributed by atoms with E-state index in [2.05, 4.69) is 4.90 Å². The van der Waals surface area contributed by atoms with Crippen LogP contribution in [-0.2, 0) is 4.79 Å². The first-order chi connectivity index (χ1) is 13.6. The second-order valence-corrected chi connectivity index (χ2v) is 7.92. The van der Waals surface area contributed by atoms with Crippen molar-refractivity contribution in [1.29, 1.82) is 0 Å². The number of nitrogens with zero attached hydrogens (tertiary/aromatic N) is 2. The highest BCUT2D eigenvalue weighted by Gasteiger charge is 2.28. The number of fused-ring (bicyclic) bond motifs is 1. The number of hydrogen-bond acceptors (Lipinski definition) is 4.